The number of nitrogens with zero attached hydrogens (tertiary/aromatic N) is 3. The molecule has 0 saturated heterocycles. The fourth-order valence-corrected chi connectivity index (χ4v) is 3.33. The Bertz CT molecular complexity index is 1030. The van der Waals surface area contributed by atoms with Crippen molar-refractivity contribution in [3.8, 4) is 16.9 Å². The highest BCUT2D eigenvalue weighted by atomic mass is 19.1. The van der Waals surface area contributed by atoms with Gasteiger partial charge in [-0.3, -0.25) is 14.3 Å². The van der Waals surface area contributed by atoms with Crippen LogP contribution < -0.4 is 15.6 Å². The second-order valence-electron chi connectivity index (χ2n) is 6.24. The maximum atomic E-state index is 14.3. The first-order valence-electron chi connectivity index (χ1n) is 8.86. The normalized spacial score (nSPS) is 12.5. The Hall–Kier alpha value is -3.22. The molecule has 3 aromatic rings. The van der Waals surface area contributed by atoms with Gasteiger partial charge < -0.3 is 10.1 Å². The second-order valence-corrected chi connectivity index (χ2v) is 6.24. The summed E-state index contributed by atoms with van der Waals surface area (Å²) in [6.45, 7) is 3.12. The van der Waals surface area contributed by atoms with Gasteiger partial charge in [-0.05, 0) is 36.8 Å². The van der Waals surface area contributed by atoms with E-state index in [-0.39, 0.29) is 17.9 Å². The van der Waals surface area contributed by atoms with E-state index in [2.05, 4.69) is 15.3 Å². The quantitative estimate of drug-likeness (QED) is 0.752. The Morgan fingerprint density at radius 3 is 2.85 bits per heavy atom. The molecule has 0 spiro atoms. The smallest absolute Gasteiger partial charge is 0.262 e. The van der Waals surface area contributed by atoms with Crippen molar-refractivity contribution >= 4 is 5.95 Å². The molecule has 0 atom stereocenters. The van der Waals surface area contributed by atoms with E-state index in [4.69, 9.17) is 4.74 Å². The molecule has 0 amide bonds. The maximum Gasteiger partial charge on any atom is 0.262 e. The van der Waals surface area contributed by atoms with Gasteiger partial charge in [-0.15, -0.1) is 0 Å². The molecule has 4 rings (SSSR count). The lowest BCUT2D eigenvalue weighted by molar-refractivity contribution is 0.356. The van der Waals surface area contributed by atoms with E-state index in [1.54, 1.807) is 41.4 Å². The van der Waals surface area contributed by atoms with Gasteiger partial charge in [0.05, 0.1) is 12.2 Å². The van der Waals surface area contributed by atoms with E-state index in [1.165, 1.54) is 6.07 Å². The molecule has 0 unspecified atom stereocenters. The number of halogens is 1. The minimum absolute atomic E-state index is 0.150. The Balaban J connectivity index is 1.65. The molecule has 138 valence electrons. The SMILES string of the molecule is CCn1c(NCc2c(F)ccc3c2CCO3)ncc(-c2ccncc2)c1=O. The van der Waals surface area contributed by atoms with Crippen LogP contribution in [0.2, 0.25) is 0 Å². The number of anilines is 1. The zero-order valence-electron chi connectivity index (χ0n) is 14.9. The van der Waals surface area contributed by atoms with E-state index >= 15 is 0 Å². The van der Waals surface area contributed by atoms with Gasteiger partial charge in [-0.2, -0.15) is 0 Å². The van der Waals surface area contributed by atoms with Crippen LogP contribution in [0.5, 0.6) is 5.75 Å². The first kappa shape index (κ1) is 17.2. The summed E-state index contributed by atoms with van der Waals surface area (Å²) in [5, 5.41) is 3.11. The first-order valence-corrected chi connectivity index (χ1v) is 8.86. The third-order valence-corrected chi connectivity index (χ3v) is 4.72. The van der Waals surface area contributed by atoms with Crippen LogP contribution in [-0.2, 0) is 19.5 Å². The Morgan fingerprint density at radius 1 is 1.26 bits per heavy atom. The molecule has 0 fully saturated rings. The van der Waals surface area contributed by atoms with Crippen molar-refractivity contribution in [1.82, 2.24) is 14.5 Å². The molecule has 27 heavy (non-hydrogen) atoms. The lowest BCUT2D eigenvalue weighted by atomic mass is 10.0. The number of hydrogen-bond donors (Lipinski definition) is 1. The molecule has 1 aliphatic rings. The molecular formula is C20H19FN4O2. The van der Waals surface area contributed by atoms with Gasteiger partial charge >= 0.3 is 0 Å². The Kier molecular flexibility index (Phi) is 4.58. The topological polar surface area (TPSA) is 69.0 Å². The maximum absolute atomic E-state index is 14.3. The number of ether oxygens (including phenoxy) is 1. The third-order valence-electron chi connectivity index (χ3n) is 4.72. The Labute approximate surface area is 155 Å². The summed E-state index contributed by atoms with van der Waals surface area (Å²) in [6.07, 6.45) is 5.50. The molecule has 3 heterocycles. The van der Waals surface area contributed by atoms with Crippen molar-refractivity contribution in [2.75, 3.05) is 11.9 Å². The standard InChI is InChI=1S/C20H19FN4O2/c1-2-25-19(26)15(13-5-8-22-9-6-13)11-23-20(25)24-12-16-14-7-10-27-18(14)4-3-17(16)21/h3-6,8-9,11H,2,7,10,12H2,1H3,(H,23,24). The van der Waals surface area contributed by atoms with Crippen molar-refractivity contribution in [2.24, 2.45) is 0 Å². The van der Waals surface area contributed by atoms with Crippen LogP contribution >= 0.6 is 0 Å². The molecule has 0 saturated carbocycles. The number of benzene rings is 1. The van der Waals surface area contributed by atoms with Gasteiger partial charge in [-0.25, -0.2) is 9.37 Å². The fourth-order valence-electron chi connectivity index (χ4n) is 3.33. The molecule has 1 aromatic carbocycles. The second kappa shape index (κ2) is 7.19. The summed E-state index contributed by atoms with van der Waals surface area (Å²) in [4.78, 5) is 21.2. The number of aromatic nitrogens is 3. The van der Waals surface area contributed by atoms with Crippen LogP contribution in [0.15, 0.2) is 47.7 Å². The van der Waals surface area contributed by atoms with Crippen molar-refractivity contribution in [2.45, 2.75) is 26.4 Å². The van der Waals surface area contributed by atoms with E-state index < -0.39 is 0 Å². The number of fused-ring (bicyclic) bond motifs is 1. The molecule has 7 heteroatoms. The van der Waals surface area contributed by atoms with E-state index in [1.807, 2.05) is 6.92 Å². The number of hydrogen-bond acceptors (Lipinski definition) is 5. The highest BCUT2D eigenvalue weighted by molar-refractivity contribution is 5.61. The molecule has 0 aliphatic carbocycles. The predicted octanol–water partition coefficient (Wildman–Crippen LogP) is 3.01. The van der Waals surface area contributed by atoms with Crippen molar-refractivity contribution in [3.63, 3.8) is 0 Å². The molecule has 0 bridgehead atoms. The van der Waals surface area contributed by atoms with Gasteiger partial charge in [0, 0.05) is 49.2 Å². The van der Waals surface area contributed by atoms with Crippen LogP contribution in [0.4, 0.5) is 10.3 Å². The Morgan fingerprint density at radius 2 is 2.07 bits per heavy atom. The van der Waals surface area contributed by atoms with Crippen LogP contribution in [-0.4, -0.2) is 21.1 Å². The zero-order chi connectivity index (χ0) is 18.8. The fraction of sp³-hybridized carbons (Fsp3) is 0.250. The van der Waals surface area contributed by atoms with E-state index in [9.17, 15) is 9.18 Å². The zero-order valence-corrected chi connectivity index (χ0v) is 14.9. The molecule has 2 aromatic heterocycles. The van der Waals surface area contributed by atoms with Gasteiger partial charge in [0.1, 0.15) is 11.6 Å². The monoisotopic (exact) mass is 366 g/mol. The summed E-state index contributed by atoms with van der Waals surface area (Å²) in [5.41, 5.74) is 2.55. The van der Waals surface area contributed by atoms with Crippen LogP contribution in [0.25, 0.3) is 11.1 Å². The lowest BCUT2D eigenvalue weighted by Crippen LogP contribution is -2.25. The summed E-state index contributed by atoms with van der Waals surface area (Å²) in [5.74, 6) is 0.851. The summed E-state index contributed by atoms with van der Waals surface area (Å²) in [7, 11) is 0. The van der Waals surface area contributed by atoms with Crippen molar-refractivity contribution in [1.29, 1.82) is 0 Å². The summed E-state index contributed by atoms with van der Waals surface area (Å²) < 4.78 is 21.4. The van der Waals surface area contributed by atoms with Gasteiger partial charge in [0.15, 0.2) is 0 Å². The minimum atomic E-state index is -0.287. The number of pyridine rings is 1. The third kappa shape index (κ3) is 3.16. The van der Waals surface area contributed by atoms with Crippen molar-refractivity contribution < 1.29 is 9.13 Å². The van der Waals surface area contributed by atoms with Gasteiger partial charge in [-0.1, -0.05) is 0 Å². The largest absolute Gasteiger partial charge is 0.493 e. The first-order chi connectivity index (χ1) is 13.2. The van der Waals surface area contributed by atoms with Crippen LogP contribution in [0.3, 0.4) is 0 Å². The predicted molar refractivity (Wildman–Crippen MR) is 100 cm³/mol. The molecule has 6 nitrogen and oxygen atoms in total. The lowest BCUT2D eigenvalue weighted by Gasteiger charge is -2.15. The number of nitrogens with one attached hydrogen (secondary N) is 1. The van der Waals surface area contributed by atoms with Crippen LogP contribution in [0, 0.1) is 5.82 Å². The summed E-state index contributed by atoms with van der Waals surface area (Å²) >= 11 is 0. The van der Waals surface area contributed by atoms with Gasteiger partial charge in [0.25, 0.3) is 5.56 Å². The van der Waals surface area contributed by atoms with E-state index in [0.717, 1.165) is 16.9 Å². The molecule has 1 N–H and O–H groups in total. The highest BCUT2D eigenvalue weighted by Crippen LogP contribution is 2.30. The van der Waals surface area contributed by atoms with Crippen molar-refractivity contribution in [3.05, 3.63) is 70.2 Å². The highest BCUT2D eigenvalue weighted by Gasteiger charge is 2.20. The molecule has 0 radical (unpaired) electrons. The number of rotatable bonds is 5. The molecular weight excluding hydrogens is 347 g/mol. The average Bonchev–Trinajstić information content (AvgIpc) is 3.17. The van der Waals surface area contributed by atoms with Gasteiger partial charge in [0.2, 0.25) is 5.95 Å². The molecule has 1 aliphatic heterocycles. The average molecular weight is 366 g/mol. The van der Waals surface area contributed by atoms with Crippen LogP contribution in [0.1, 0.15) is 18.1 Å². The minimum Gasteiger partial charge on any atom is -0.493 e. The summed E-state index contributed by atoms with van der Waals surface area (Å²) in [6, 6.07) is 6.61. The van der Waals surface area contributed by atoms with E-state index in [0.29, 0.717) is 36.6 Å².